The molecule has 1 aromatic carbocycles. The average Bonchev–Trinajstić information content (AvgIpc) is 3.36. The van der Waals surface area contributed by atoms with E-state index in [1.54, 1.807) is 12.1 Å². The molecule has 5 nitrogen and oxygen atoms in total. The fraction of sp³-hybridized carbons (Fsp3) is 0.562. The van der Waals surface area contributed by atoms with E-state index in [4.69, 9.17) is 4.74 Å². The Bertz CT molecular complexity index is 699. The van der Waals surface area contributed by atoms with Crippen molar-refractivity contribution in [2.45, 2.75) is 42.4 Å². The lowest BCUT2D eigenvalue weighted by Crippen LogP contribution is -2.18. The van der Waals surface area contributed by atoms with Gasteiger partial charge in [0.15, 0.2) is 9.84 Å². The van der Waals surface area contributed by atoms with Gasteiger partial charge in [-0.3, -0.25) is 0 Å². The second kappa shape index (κ2) is 5.66. The van der Waals surface area contributed by atoms with Gasteiger partial charge in [-0.2, -0.15) is 0 Å². The Hall–Kier alpha value is -1.40. The summed E-state index contributed by atoms with van der Waals surface area (Å²) in [7, 11) is -2.07. The molecule has 2 fully saturated rings. The third kappa shape index (κ3) is 2.90. The number of carbonyl (C=O) groups is 1. The van der Waals surface area contributed by atoms with Crippen LogP contribution in [0.15, 0.2) is 17.0 Å². The van der Waals surface area contributed by atoms with Crippen LogP contribution in [0.25, 0.3) is 0 Å². The predicted molar refractivity (Wildman–Crippen MR) is 81.3 cm³/mol. The van der Waals surface area contributed by atoms with Crippen molar-refractivity contribution in [1.82, 2.24) is 0 Å². The largest absolute Gasteiger partial charge is 0.478 e. The quantitative estimate of drug-likeness (QED) is 0.833. The molecule has 0 heterocycles. The zero-order chi connectivity index (χ0) is 15.9. The second-order valence-electron chi connectivity index (χ2n) is 6.11. The van der Waals surface area contributed by atoms with Gasteiger partial charge >= 0.3 is 5.97 Å². The average molecular weight is 324 g/mol. The highest BCUT2D eigenvalue weighted by molar-refractivity contribution is 7.91. The van der Waals surface area contributed by atoms with Crippen molar-refractivity contribution in [3.63, 3.8) is 0 Å². The van der Waals surface area contributed by atoms with Crippen molar-refractivity contribution < 1.29 is 23.1 Å². The maximum Gasteiger partial charge on any atom is 0.336 e. The van der Waals surface area contributed by atoms with Crippen molar-refractivity contribution in [3.8, 4) is 0 Å². The molecular weight excluding hydrogens is 304 g/mol. The van der Waals surface area contributed by atoms with E-state index in [1.807, 2.05) is 0 Å². The monoisotopic (exact) mass is 324 g/mol. The van der Waals surface area contributed by atoms with Gasteiger partial charge in [0.25, 0.3) is 0 Å². The number of methoxy groups -OCH3 is 1. The van der Waals surface area contributed by atoms with Crippen molar-refractivity contribution in [1.29, 1.82) is 0 Å². The second-order valence-corrected chi connectivity index (χ2v) is 8.16. The normalized spacial score (nSPS) is 18.4. The van der Waals surface area contributed by atoms with Gasteiger partial charge in [0.2, 0.25) is 0 Å². The fourth-order valence-electron chi connectivity index (χ4n) is 2.94. The molecule has 0 saturated heterocycles. The van der Waals surface area contributed by atoms with E-state index in [0.717, 1.165) is 31.2 Å². The molecule has 0 unspecified atom stereocenters. The van der Waals surface area contributed by atoms with Crippen LogP contribution in [0.1, 0.15) is 59.0 Å². The van der Waals surface area contributed by atoms with Gasteiger partial charge in [-0.05, 0) is 54.7 Å². The highest BCUT2D eigenvalue weighted by atomic mass is 32.2. The summed E-state index contributed by atoms with van der Waals surface area (Å²) < 4.78 is 30.5. The molecule has 0 aromatic heterocycles. The number of sulfone groups is 1. The minimum absolute atomic E-state index is 0.0668. The topological polar surface area (TPSA) is 80.7 Å². The Morgan fingerprint density at radius 2 is 1.86 bits per heavy atom. The van der Waals surface area contributed by atoms with Crippen molar-refractivity contribution >= 4 is 15.8 Å². The zero-order valence-corrected chi connectivity index (χ0v) is 13.4. The van der Waals surface area contributed by atoms with Gasteiger partial charge in [0.1, 0.15) is 0 Å². The molecule has 120 valence electrons. The maximum absolute atomic E-state index is 12.8. The Balaban J connectivity index is 2.19. The standard InChI is InChI=1S/C16H20O5S/c1-21-8-9-22(19,20)15-12(10-2-3-10)6-7-13(16(17)18)14(15)11-4-5-11/h6-7,10-11H,2-5,8-9H2,1H3,(H,17,18). The number of benzene rings is 1. The molecule has 0 amide bonds. The number of hydrogen-bond donors (Lipinski definition) is 1. The summed E-state index contributed by atoms with van der Waals surface area (Å²) in [5.41, 5.74) is 1.49. The highest BCUT2D eigenvalue weighted by Gasteiger charge is 2.39. The highest BCUT2D eigenvalue weighted by Crippen LogP contribution is 2.50. The van der Waals surface area contributed by atoms with Crippen LogP contribution >= 0.6 is 0 Å². The van der Waals surface area contributed by atoms with Crippen LogP contribution in [-0.2, 0) is 14.6 Å². The minimum atomic E-state index is -3.54. The number of aromatic carboxylic acids is 1. The van der Waals surface area contributed by atoms with E-state index in [-0.39, 0.29) is 34.7 Å². The van der Waals surface area contributed by atoms with Gasteiger partial charge in [-0.25, -0.2) is 13.2 Å². The molecule has 0 spiro atoms. The first-order valence-electron chi connectivity index (χ1n) is 7.57. The molecule has 0 atom stereocenters. The molecule has 2 saturated carbocycles. The third-order valence-electron chi connectivity index (χ3n) is 4.33. The predicted octanol–water partition coefficient (Wildman–Crippen LogP) is 2.56. The number of carboxylic acid groups (broad SMARTS) is 1. The Morgan fingerprint density at radius 3 is 2.36 bits per heavy atom. The Kier molecular flexibility index (Phi) is 3.99. The van der Waals surface area contributed by atoms with E-state index in [2.05, 4.69) is 0 Å². The number of hydrogen-bond acceptors (Lipinski definition) is 4. The van der Waals surface area contributed by atoms with Crippen molar-refractivity contribution in [3.05, 3.63) is 28.8 Å². The van der Waals surface area contributed by atoms with Gasteiger partial charge in [-0.15, -0.1) is 0 Å². The van der Waals surface area contributed by atoms with Gasteiger partial charge in [-0.1, -0.05) is 6.07 Å². The van der Waals surface area contributed by atoms with Gasteiger partial charge in [0.05, 0.1) is 22.8 Å². The summed E-state index contributed by atoms with van der Waals surface area (Å²) >= 11 is 0. The lowest BCUT2D eigenvalue weighted by Gasteiger charge is -2.17. The summed E-state index contributed by atoms with van der Waals surface area (Å²) in [5.74, 6) is -0.830. The first kappa shape index (κ1) is 15.5. The lowest BCUT2D eigenvalue weighted by atomic mass is 9.98. The minimum Gasteiger partial charge on any atom is -0.478 e. The van der Waals surface area contributed by atoms with Gasteiger partial charge < -0.3 is 9.84 Å². The van der Waals surface area contributed by atoms with Crippen LogP contribution < -0.4 is 0 Å². The summed E-state index contributed by atoms with van der Waals surface area (Å²) in [6.45, 7) is 0.119. The summed E-state index contributed by atoms with van der Waals surface area (Å²) in [4.78, 5) is 11.8. The van der Waals surface area contributed by atoms with Crippen molar-refractivity contribution in [2.24, 2.45) is 0 Å². The number of carboxylic acids is 1. The molecule has 1 aromatic rings. The van der Waals surface area contributed by atoms with Crippen LogP contribution in [0.5, 0.6) is 0 Å². The number of rotatable bonds is 7. The zero-order valence-electron chi connectivity index (χ0n) is 12.5. The smallest absolute Gasteiger partial charge is 0.336 e. The molecule has 2 aliphatic rings. The molecule has 0 bridgehead atoms. The SMILES string of the molecule is COCCS(=O)(=O)c1c(C2CC2)ccc(C(=O)O)c1C1CC1. The molecule has 0 radical (unpaired) electrons. The molecule has 22 heavy (non-hydrogen) atoms. The van der Waals surface area contributed by atoms with E-state index >= 15 is 0 Å². The Morgan fingerprint density at radius 1 is 1.23 bits per heavy atom. The van der Waals surface area contributed by atoms with E-state index in [0.29, 0.717) is 5.56 Å². The molecule has 3 rings (SSSR count). The van der Waals surface area contributed by atoms with Crippen molar-refractivity contribution in [2.75, 3.05) is 19.5 Å². The van der Waals surface area contributed by atoms with Crippen LogP contribution in [0.4, 0.5) is 0 Å². The van der Waals surface area contributed by atoms with E-state index in [1.165, 1.54) is 7.11 Å². The molecular formula is C16H20O5S. The van der Waals surface area contributed by atoms with Crippen LogP contribution in [-0.4, -0.2) is 39.0 Å². The summed E-state index contributed by atoms with van der Waals surface area (Å²) in [6, 6.07) is 3.28. The first-order chi connectivity index (χ1) is 10.5. The molecule has 2 aliphatic carbocycles. The van der Waals surface area contributed by atoms with E-state index < -0.39 is 15.8 Å². The van der Waals surface area contributed by atoms with E-state index in [9.17, 15) is 18.3 Å². The first-order valence-corrected chi connectivity index (χ1v) is 9.22. The molecule has 1 N–H and O–H groups in total. The summed E-state index contributed by atoms with van der Waals surface area (Å²) in [6.07, 6.45) is 3.68. The van der Waals surface area contributed by atoms with Crippen LogP contribution in [0, 0.1) is 0 Å². The van der Waals surface area contributed by atoms with Crippen LogP contribution in [0.2, 0.25) is 0 Å². The van der Waals surface area contributed by atoms with Crippen LogP contribution in [0.3, 0.4) is 0 Å². The Labute approximate surface area is 130 Å². The third-order valence-corrected chi connectivity index (χ3v) is 6.11. The summed E-state index contributed by atoms with van der Waals surface area (Å²) in [5, 5.41) is 9.43. The lowest BCUT2D eigenvalue weighted by molar-refractivity contribution is 0.0695. The fourth-order valence-corrected chi connectivity index (χ4v) is 4.73. The number of ether oxygens (including phenoxy) is 1. The van der Waals surface area contributed by atoms with Gasteiger partial charge in [0, 0.05) is 7.11 Å². The molecule has 6 heteroatoms. The maximum atomic E-state index is 12.8. The molecule has 0 aliphatic heterocycles.